The van der Waals surface area contributed by atoms with Crippen molar-refractivity contribution in [3.8, 4) is 0 Å². The monoisotopic (exact) mass is 219 g/mol. The van der Waals surface area contributed by atoms with E-state index in [-0.39, 0.29) is 0 Å². The molecule has 0 heterocycles. The number of aliphatic hydroxyl groups is 1. The van der Waals surface area contributed by atoms with Gasteiger partial charge in [-0.1, -0.05) is 6.92 Å². The Bertz CT molecular complexity index is 241. The molecule has 6 heteroatoms. The predicted octanol–water partition coefficient (Wildman–Crippen LogP) is -0.796. The van der Waals surface area contributed by atoms with Crippen molar-refractivity contribution < 1.29 is 24.5 Å². The molecule has 0 fully saturated rings. The van der Waals surface area contributed by atoms with E-state index in [2.05, 4.69) is 4.74 Å². The maximum atomic E-state index is 11.1. The molecule has 88 valence electrons. The zero-order valence-corrected chi connectivity index (χ0v) is 9.01. The lowest BCUT2D eigenvalue weighted by atomic mass is 9.86. The zero-order chi connectivity index (χ0) is 12.2. The van der Waals surface area contributed by atoms with Crippen LogP contribution in [0.3, 0.4) is 0 Å². The third kappa shape index (κ3) is 3.49. The normalized spacial score (nSPS) is 18.7. The first kappa shape index (κ1) is 13.9. The molecule has 0 aliphatic rings. The molecule has 0 radical (unpaired) electrons. The molecule has 0 aliphatic carbocycles. The zero-order valence-electron chi connectivity index (χ0n) is 9.01. The summed E-state index contributed by atoms with van der Waals surface area (Å²) in [6.45, 7) is 2.79. The number of methoxy groups -OCH3 is 1. The highest BCUT2D eigenvalue weighted by Crippen LogP contribution is 2.16. The van der Waals surface area contributed by atoms with Crippen LogP contribution in [-0.2, 0) is 14.3 Å². The number of carbonyl (C=O) groups excluding carboxylic acids is 1. The number of carboxylic acid groups (broad SMARTS) is 1. The van der Waals surface area contributed by atoms with Crippen LogP contribution in [0.5, 0.6) is 0 Å². The summed E-state index contributed by atoms with van der Waals surface area (Å²) in [5.74, 6) is -3.77. The van der Waals surface area contributed by atoms with Crippen LogP contribution >= 0.6 is 0 Å². The van der Waals surface area contributed by atoms with E-state index in [4.69, 9.17) is 10.8 Å². The minimum atomic E-state index is -1.23. The minimum Gasteiger partial charge on any atom is -0.481 e. The SMILES string of the molecule is COC(=O)[C@H](C)[C@@H](N)[C@H](C(=O)O)[C@H](C)O. The number of carboxylic acids is 1. The molecule has 0 aromatic carbocycles. The molecule has 15 heavy (non-hydrogen) atoms. The van der Waals surface area contributed by atoms with E-state index in [1.54, 1.807) is 0 Å². The van der Waals surface area contributed by atoms with Gasteiger partial charge in [-0.15, -0.1) is 0 Å². The first-order chi connectivity index (χ1) is 6.82. The fraction of sp³-hybridized carbons (Fsp3) is 0.778. The Hall–Kier alpha value is -1.14. The van der Waals surface area contributed by atoms with Crippen LogP contribution in [0.25, 0.3) is 0 Å². The van der Waals surface area contributed by atoms with Gasteiger partial charge in [-0.25, -0.2) is 0 Å². The summed E-state index contributed by atoms with van der Waals surface area (Å²) in [6.07, 6.45) is -1.12. The summed E-state index contributed by atoms with van der Waals surface area (Å²) >= 11 is 0. The van der Waals surface area contributed by atoms with E-state index in [0.717, 1.165) is 0 Å². The number of aliphatic hydroxyl groups excluding tert-OH is 1. The summed E-state index contributed by atoms with van der Waals surface area (Å²) in [4.78, 5) is 21.9. The Morgan fingerprint density at radius 1 is 1.33 bits per heavy atom. The number of nitrogens with two attached hydrogens (primary N) is 1. The van der Waals surface area contributed by atoms with Gasteiger partial charge in [0.05, 0.1) is 25.0 Å². The number of hydrogen-bond donors (Lipinski definition) is 3. The van der Waals surface area contributed by atoms with E-state index in [1.807, 2.05) is 0 Å². The summed E-state index contributed by atoms with van der Waals surface area (Å²) in [5.41, 5.74) is 5.60. The van der Waals surface area contributed by atoms with E-state index >= 15 is 0 Å². The lowest BCUT2D eigenvalue weighted by Crippen LogP contribution is -2.48. The highest BCUT2D eigenvalue weighted by molar-refractivity contribution is 5.76. The van der Waals surface area contributed by atoms with Crippen molar-refractivity contribution in [3.05, 3.63) is 0 Å². The number of hydrogen-bond acceptors (Lipinski definition) is 5. The van der Waals surface area contributed by atoms with Crippen LogP contribution < -0.4 is 5.73 Å². The summed E-state index contributed by atoms with van der Waals surface area (Å²) < 4.78 is 4.45. The second-order valence-corrected chi connectivity index (χ2v) is 3.49. The molecular weight excluding hydrogens is 202 g/mol. The van der Waals surface area contributed by atoms with Crippen LogP contribution in [0, 0.1) is 11.8 Å². The molecule has 0 aromatic rings. The molecular formula is C9H17NO5. The molecule has 0 spiro atoms. The maximum Gasteiger partial charge on any atom is 0.310 e. The number of aliphatic carboxylic acids is 1. The van der Waals surface area contributed by atoms with Gasteiger partial charge in [0.15, 0.2) is 0 Å². The maximum absolute atomic E-state index is 11.1. The fourth-order valence-corrected chi connectivity index (χ4v) is 1.35. The van der Waals surface area contributed by atoms with Crippen LogP contribution in [0.15, 0.2) is 0 Å². The Balaban J connectivity index is 4.70. The van der Waals surface area contributed by atoms with Crippen molar-refractivity contribution in [2.75, 3.05) is 7.11 Å². The van der Waals surface area contributed by atoms with Crippen molar-refractivity contribution in [1.29, 1.82) is 0 Å². The van der Waals surface area contributed by atoms with Gasteiger partial charge in [0.2, 0.25) is 0 Å². The predicted molar refractivity (Wildman–Crippen MR) is 52.0 cm³/mol. The molecule has 0 aliphatic heterocycles. The Morgan fingerprint density at radius 2 is 1.80 bits per heavy atom. The standard InChI is InChI=1S/C9H17NO5/c1-4(9(14)15-3)7(10)6(5(2)11)8(12)13/h4-7,11H,10H2,1-3H3,(H,12,13)/t4-,5+,6-,7-/m1/s1. The molecule has 0 saturated carbocycles. The molecule has 0 bridgehead atoms. The van der Waals surface area contributed by atoms with E-state index in [0.29, 0.717) is 0 Å². The largest absolute Gasteiger partial charge is 0.481 e. The highest BCUT2D eigenvalue weighted by atomic mass is 16.5. The number of rotatable bonds is 5. The van der Waals surface area contributed by atoms with Gasteiger partial charge in [0, 0.05) is 6.04 Å². The lowest BCUT2D eigenvalue weighted by Gasteiger charge is -2.26. The lowest BCUT2D eigenvalue weighted by molar-refractivity contribution is -0.151. The summed E-state index contributed by atoms with van der Waals surface area (Å²) in [7, 11) is 1.20. The van der Waals surface area contributed by atoms with Crippen molar-refractivity contribution in [3.63, 3.8) is 0 Å². The third-order valence-electron chi connectivity index (χ3n) is 2.37. The van der Waals surface area contributed by atoms with Crippen molar-refractivity contribution >= 4 is 11.9 Å². The summed E-state index contributed by atoms with van der Waals surface area (Å²) in [6, 6.07) is -0.977. The van der Waals surface area contributed by atoms with Crippen LogP contribution in [0.1, 0.15) is 13.8 Å². The number of carbonyl (C=O) groups is 2. The van der Waals surface area contributed by atoms with Crippen molar-refractivity contribution in [2.24, 2.45) is 17.6 Å². The van der Waals surface area contributed by atoms with Gasteiger partial charge in [-0.2, -0.15) is 0 Å². The third-order valence-corrected chi connectivity index (χ3v) is 2.37. The second kappa shape index (κ2) is 5.67. The van der Waals surface area contributed by atoms with Gasteiger partial charge >= 0.3 is 11.9 Å². The Kier molecular flexibility index (Phi) is 5.24. The van der Waals surface area contributed by atoms with E-state index in [1.165, 1.54) is 21.0 Å². The molecule has 4 atom stereocenters. The molecule has 6 nitrogen and oxygen atoms in total. The molecule has 4 N–H and O–H groups in total. The van der Waals surface area contributed by atoms with E-state index in [9.17, 15) is 14.7 Å². The average Bonchev–Trinajstić information content (AvgIpc) is 2.14. The number of ether oxygens (including phenoxy) is 1. The van der Waals surface area contributed by atoms with Crippen LogP contribution in [0.2, 0.25) is 0 Å². The molecule has 0 unspecified atom stereocenters. The average molecular weight is 219 g/mol. The first-order valence-corrected chi connectivity index (χ1v) is 4.57. The van der Waals surface area contributed by atoms with Crippen molar-refractivity contribution in [1.82, 2.24) is 0 Å². The minimum absolute atomic E-state index is 0.589. The van der Waals surface area contributed by atoms with E-state index < -0.39 is 35.9 Å². The van der Waals surface area contributed by atoms with Crippen LogP contribution in [0.4, 0.5) is 0 Å². The van der Waals surface area contributed by atoms with Gasteiger partial charge in [0.1, 0.15) is 0 Å². The fourth-order valence-electron chi connectivity index (χ4n) is 1.35. The first-order valence-electron chi connectivity index (χ1n) is 4.57. The molecule has 0 amide bonds. The topological polar surface area (TPSA) is 110 Å². The molecule has 0 saturated heterocycles. The molecule has 0 rings (SSSR count). The molecule has 0 aromatic heterocycles. The smallest absolute Gasteiger partial charge is 0.310 e. The number of esters is 1. The quantitative estimate of drug-likeness (QED) is 0.522. The summed E-state index contributed by atoms with van der Waals surface area (Å²) in [5, 5.41) is 18.1. The van der Waals surface area contributed by atoms with Crippen molar-refractivity contribution in [2.45, 2.75) is 26.0 Å². The van der Waals surface area contributed by atoms with Gasteiger partial charge in [-0.05, 0) is 6.92 Å². The van der Waals surface area contributed by atoms with Gasteiger partial charge in [-0.3, -0.25) is 9.59 Å². The van der Waals surface area contributed by atoms with Gasteiger partial charge < -0.3 is 20.7 Å². The van der Waals surface area contributed by atoms with Crippen LogP contribution in [-0.4, -0.2) is 41.4 Å². The second-order valence-electron chi connectivity index (χ2n) is 3.49. The van der Waals surface area contributed by atoms with Gasteiger partial charge in [0.25, 0.3) is 0 Å². The Morgan fingerprint density at radius 3 is 2.07 bits per heavy atom. The Labute approximate surface area is 88.0 Å². The highest BCUT2D eigenvalue weighted by Gasteiger charge is 2.36.